The van der Waals surface area contributed by atoms with Gasteiger partial charge in [0.15, 0.2) is 0 Å². The maximum atomic E-state index is 14.7. The number of hydrogen-bond acceptors (Lipinski definition) is 4. The molecule has 2 N–H and O–H groups in total. The normalized spacial score (nSPS) is 12.2. The lowest BCUT2D eigenvalue weighted by Gasteiger charge is -2.13. The molecule has 0 aliphatic rings. The maximum Gasteiger partial charge on any atom is 0.404 e. The number of fused-ring (bicyclic) bond motifs is 1. The highest BCUT2D eigenvalue weighted by molar-refractivity contribution is 7.89. The number of hydrogen-bond donors (Lipinski definition) is 2. The summed E-state index contributed by atoms with van der Waals surface area (Å²) < 4.78 is 43.1. The van der Waals surface area contributed by atoms with E-state index in [9.17, 15) is 22.4 Å². The second kappa shape index (κ2) is 10.5. The van der Waals surface area contributed by atoms with Crippen molar-refractivity contribution in [1.29, 1.82) is 0 Å². The van der Waals surface area contributed by atoms with Crippen molar-refractivity contribution in [2.45, 2.75) is 18.4 Å². The summed E-state index contributed by atoms with van der Waals surface area (Å²) in [7, 11) is 2.50. The quantitative estimate of drug-likeness (QED) is 0.474. The van der Waals surface area contributed by atoms with Gasteiger partial charge in [0.2, 0.25) is 10.0 Å². The molecule has 11 heteroatoms. The van der Waals surface area contributed by atoms with E-state index in [-0.39, 0.29) is 23.9 Å². The molecule has 0 unspecified atom stereocenters. The van der Waals surface area contributed by atoms with Crippen LogP contribution in [0.15, 0.2) is 59.3 Å². The fourth-order valence-corrected chi connectivity index (χ4v) is 4.88. The number of nitrogens with one attached hydrogen (secondary N) is 1. The summed E-state index contributed by atoms with van der Waals surface area (Å²) in [5.74, 6) is -0.754. The second-order valence-corrected chi connectivity index (χ2v) is 10.8. The first-order valence-corrected chi connectivity index (χ1v) is 12.5. The van der Waals surface area contributed by atoms with Crippen molar-refractivity contribution in [1.82, 2.24) is 19.1 Å². The third-order valence-corrected chi connectivity index (χ3v) is 7.57. The van der Waals surface area contributed by atoms with Crippen molar-refractivity contribution in [3.63, 3.8) is 0 Å². The van der Waals surface area contributed by atoms with Crippen molar-refractivity contribution in [2.24, 2.45) is 0 Å². The topological polar surface area (TPSA) is 112 Å². The van der Waals surface area contributed by atoms with Gasteiger partial charge >= 0.3 is 6.09 Å². The number of carboxylic acid groups (broad SMARTS) is 1. The van der Waals surface area contributed by atoms with Gasteiger partial charge in [-0.25, -0.2) is 21.9 Å². The van der Waals surface area contributed by atoms with Crippen LogP contribution in [-0.4, -0.2) is 74.0 Å². The first kappa shape index (κ1) is 26.9. The van der Waals surface area contributed by atoms with E-state index in [1.807, 2.05) is 0 Å². The molecule has 0 radical (unpaired) electrons. The Balaban J connectivity index is 2.23. The van der Waals surface area contributed by atoms with Gasteiger partial charge < -0.3 is 19.9 Å². The van der Waals surface area contributed by atoms with E-state index in [2.05, 4.69) is 5.32 Å². The number of amides is 2. The Labute approximate surface area is 209 Å². The summed E-state index contributed by atoms with van der Waals surface area (Å²) in [6.07, 6.45) is -0.109. The minimum Gasteiger partial charge on any atom is -0.465 e. The van der Waals surface area contributed by atoms with Crippen LogP contribution in [0.3, 0.4) is 0 Å². The summed E-state index contributed by atoms with van der Waals surface area (Å²) in [5.41, 5.74) is 3.02. The first-order chi connectivity index (χ1) is 16.8. The first-order valence-electron chi connectivity index (χ1n) is 11.0. The third-order valence-electron chi connectivity index (χ3n) is 5.76. The van der Waals surface area contributed by atoms with E-state index in [1.54, 1.807) is 62.0 Å². The Bertz CT molecular complexity index is 1460. The van der Waals surface area contributed by atoms with Crippen LogP contribution in [0.2, 0.25) is 0 Å². The molecule has 0 aliphatic heterocycles. The number of benzene rings is 2. The van der Waals surface area contributed by atoms with Crippen molar-refractivity contribution in [2.75, 3.05) is 34.7 Å². The van der Waals surface area contributed by atoms with E-state index >= 15 is 0 Å². The molecule has 0 saturated carbocycles. The molecular formula is C25H29FN4O5S. The molecule has 0 aliphatic carbocycles. The van der Waals surface area contributed by atoms with Crippen LogP contribution in [0.5, 0.6) is 0 Å². The average molecular weight is 517 g/mol. The number of allylic oxidation sites excluding steroid dienone is 1. The molecule has 1 heterocycles. The average Bonchev–Trinajstić information content (AvgIpc) is 3.08. The maximum absolute atomic E-state index is 14.7. The van der Waals surface area contributed by atoms with Crippen molar-refractivity contribution in [3.8, 4) is 11.1 Å². The summed E-state index contributed by atoms with van der Waals surface area (Å²) in [4.78, 5) is 24.9. The van der Waals surface area contributed by atoms with Gasteiger partial charge in [0, 0.05) is 62.5 Å². The number of carbonyl (C=O) groups excluding carboxylic acids is 1. The predicted molar refractivity (Wildman–Crippen MR) is 136 cm³/mol. The Kier molecular flexibility index (Phi) is 7.85. The molecule has 3 rings (SSSR count). The zero-order chi connectivity index (χ0) is 26.8. The number of halogens is 1. The monoisotopic (exact) mass is 516 g/mol. The summed E-state index contributed by atoms with van der Waals surface area (Å²) >= 11 is 0. The third kappa shape index (κ3) is 5.42. The second-order valence-electron chi connectivity index (χ2n) is 8.63. The summed E-state index contributed by atoms with van der Waals surface area (Å²) in [5, 5.41) is 11.5. The molecule has 192 valence electrons. The minimum absolute atomic E-state index is 0.108. The molecule has 0 atom stereocenters. The van der Waals surface area contributed by atoms with Crippen molar-refractivity contribution >= 4 is 32.9 Å². The Hall–Kier alpha value is -3.70. The highest BCUT2D eigenvalue weighted by atomic mass is 32.2. The van der Waals surface area contributed by atoms with Gasteiger partial charge in [0.05, 0.1) is 11.4 Å². The molecule has 0 bridgehead atoms. The number of sulfonamides is 1. The summed E-state index contributed by atoms with van der Waals surface area (Å²) in [6, 6.07) is 11.6. The van der Waals surface area contributed by atoms with E-state index in [1.165, 1.54) is 25.1 Å². The van der Waals surface area contributed by atoms with Crippen LogP contribution in [0.1, 0.15) is 16.1 Å². The van der Waals surface area contributed by atoms with Crippen LogP contribution in [0, 0.1) is 6.92 Å². The van der Waals surface area contributed by atoms with E-state index < -0.39 is 21.9 Å². The molecule has 36 heavy (non-hydrogen) atoms. The van der Waals surface area contributed by atoms with Gasteiger partial charge in [0.25, 0.3) is 5.91 Å². The van der Waals surface area contributed by atoms with E-state index in [0.717, 1.165) is 10.4 Å². The van der Waals surface area contributed by atoms with Crippen molar-refractivity contribution < 1.29 is 27.5 Å². The minimum atomic E-state index is -3.69. The predicted octanol–water partition coefficient (Wildman–Crippen LogP) is 3.69. The van der Waals surface area contributed by atoms with Crippen LogP contribution >= 0.6 is 0 Å². The Morgan fingerprint density at radius 2 is 1.81 bits per heavy atom. The fraction of sp³-hybridized carbons (Fsp3) is 0.280. The van der Waals surface area contributed by atoms with Gasteiger partial charge in [-0.05, 0) is 48.9 Å². The van der Waals surface area contributed by atoms with E-state index in [0.29, 0.717) is 33.3 Å². The molecule has 2 amide bonds. The highest BCUT2D eigenvalue weighted by Crippen LogP contribution is 2.37. The molecule has 0 spiro atoms. The van der Waals surface area contributed by atoms with Crippen LogP contribution in [0.25, 0.3) is 22.0 Å². The molecule has 2 aromatic carbocycles. The number of carbonyl (C=O) groups is 2. The Morgan fingerprint density at radius 1 is 1.11 bits per heavy atom. The highest BCUT2D eigenvalue weighted by Gasteiger charge is 2.22. The zero-order valence-electron chi connectivity index (χ0n) is 20.7. The van der Waals surface area contributed by atoms with Gasteiger partial charge in [-0.15, -0.1) is 0 Å². The van der Waals surface area contributed by atoms with Crippen LogP contribution in [0.4, 0.5) is 9.18 Å². The largest absolute Gasteiger partial charge is 0.465 e. The number of rotatable bonds is 8. The SMILES string of the molecule is Cc1c(-c2cccc(S(=O)(=O)N(C)C)c2)c2cc(C(=O)N(C)C)ccc2n1CC(F)=CCNC(=O)O. The smallest absolute Gasteiger partial charge is 0.404 e. The van der Waals surface area contributed by atoms with Gasteiger partial charge in [-0.2, -0.15) is 0 Å². The van der Waals surface area contributed by atoms with Gasteiger partial charge in [-0.1, -0.05) is 12.1 Å². The fourth-order valence-electron chi connectivity index (χ4n) is 3.93. The lowest BCUT2D eigenvalue weighted by atomic mass is 10.0. The zero-order valence-corrected chi connectivity index (χ0v) is 21.6. The molecule has 0 saturated heterocycles. The lowest BCUT2D eigenvalue weighted by Crippen LogP contribution is -2.22. The molecule has 0 fully saturated rings. The van der Waals surface area contributed by atoms with Gasteiger partial charge in [-0.3, -0.25) is 4.79 Å². The molecule has 3 aromatic rings. The number of nitrogens with zero attached hydrogens (tertiary/aromatic N) is 3. The van der Waals surface area contributed by atoms with Crippen LogP contribution in [-0.2, 0) is 16.6 Å². The Morgan fingerprint density at radius 3 is 2.42 bits per heavy atom. The molecular weight excluding hydrogens is 487 g/mol. The standard InChI is InChI=1S/C25H29FN4O5S/c1-16-23(17-7-6-8-20(13-17)36(34,35)29(4)5)21-14-18(24(31)28(2)3)9-10-22(21)30(16)15-19(26)11-12-27-25(32)33/h6-11,13-14,27H,12,15H2,1-5H3,(H,32,33). The lowest BCUT2D eigenvalue weighted by molar-refractivity contribution is 0.0827. The van der Waals surface area contributed by atoms with Crippen molar-refractivity contribution in [3.05, 3.63) is 65.6 Å². The molecule has 1 aromatic heterocycles. The summed E-state index contributed by atoms with van der Waals surface area (Å²) in [6.45, 7) is 1.44. The van der Waals surface area contributed by atoms with Crippen LogP contribution < -0.4 is 5.32 Å². The van der Waals surface area contributed by atoms with E-state index in [4.69, 9.17) is 5.11 Å². The number of aromatic nitrogens is 1. The molecule has 9 nitrogen and oxygen atoms in total. The van der Waals surface area contributed by atoms with Gasteiger partial charge in [0.1, 0.15) is 5.83 Å².